The molecule has 0 amide bonds. The van der Waals surface area contributed by atoms with Crippen LogP contribution in [0.3, 0.4) is 0 Å². The molecule has 0 radical (unpaired) electrons. The van der Waals surface area contributed by atoms with Crippen molar-refractivity contribution in [3.05, 3.63) is 106 Å². The highest BCUT2D eigenvalue weighted by molar-refractivity contribution is 7.85. The number of aromatic nitrogens is 3. The molecule has 0 aliphatic carbocycles. The van der Waals surface area contributed by atoms with Crippen LogP contribution in [0.25, 0.3) is 33.4 Å². The molecule has 37 heavy (non-hydrogen) atoms. The Labute approximate surface area is 221 Å². The Balaban J connectivity index is 1.54. The molecule has 3 heterocycles. The van der Waals surface area contributed by atoms with Crippen LogP contribution < -0.4 is 10.2 Å². The Morgan fingerprint density at radius 2 is 1.70 bits per heavy atom. The molecular weight excluding hydrogens is 506 g/mol. The summed E-state index contributed by atoms with van der Waals surface area (Å²) in [6, 6.07) is 24.1. The van der Waals surface area contributed by atoms with Gasteiger partial charge in [-0.15, -0.1) is 0 Å². The van der Waals surface area contributed by atoms with Crippen molar-refractivity contribution in [2.24, 2.45) is 0 Å². The summed E-state index contributed by atoms with van der Waals surface area (Å²) in [4.78, 5) is 26.3. The number of H-pyrrole nitrogens is 1. The lowest BCUT2D eigenvalue weighted by Crippen LogP contribution is -2.10. The molecule has 5 rings (SSSR count). The highest BCUT2D eigenvalue weighted by Gasteiger charge is 2.15. The summed E-state index contributed by atoms with van der Waals surface area (Å²) in [5.74, 6) is 1.08. The van der Waals surface area contributed by atoms with Crippen molar-refractivity contribution in [2.75, 3.05) is 12.9 Å². The fourth-order valence-electron chi connectivity index (χ4n) is 4.22. The zero-order valence-corrected chi connectivity index (χ0v) is 21.9. The number of pyridine rings is 3. The van der Waals surface area contributed by atoms with Gasteiger partial charge in [-0.1, -0.05) is 41.9 Å². The van der Waals surface area contributed by atoms with Gasteiger partial charge >= 0.3 is 0 Å². The quantitative estimate of drug-likeness (QED) is 0.262. The Kier molecular flexibility index (Phi) is 7.17. The zero-order valence-electron chi connectivity index (χ0n) is 20.3. The molecule has 5 aromatic rings. The van der Waals surface area contributed by atoms with E-state index < -0.39 is 10.8 Å². The van der Waals surface area contributed by atoms with Crippen LogP contribution in [0.1, 0.15) is 11.4 Å². The molecule has 0 saturated heterocycles. The number of halogens is 1. The molecule has 1 atom stereocenters. The van der Waals surface area contributed by atoms with Gasteiger partial charge in [-0.2, -0.15) is 0 Å². The van der Waals surface area contributed by atoms with Crippen molar-refractivity contribution in [2.45, 2.75) is 18.2 Å². The van der Waals surface area contributed by atoms with Crippen molar-refractivity contribution in [1.82, 2.24) is 15.0 Å². The van der Waals surface area contributed by atoms with Gasteiger partial charge < -0.3 is 9.72 Å². The molecule has 0 fully saturated rings. The standard InChI is InChI=1S/C29H24ClN3O3S/c1-18-14-20(15-27(30)31-18)24-17-25-26(34)16-21(12-13-37(35)23-10-8-22(36-2)9-11-23)32-29(25)33-28(24)19-6-4-3-5-7-19/h3-11,14-17H,12-13H2,1-2H3,(H,32,33,34). The van der Waals surface area contributed by atoms with E-state index in [-0.39, 0.29) is 5.43 Å². The summed E-state index contributed by atoms with van der Waals surface area (Å²) < 4.78 is 18.0. The predicted molar refractivity (Wildman–Crippen MR) is 149 cm³/mol. The Morgan fingerprint density at radius 1 is 0.946 bits per heavy atom. The number of ether oxygens (including phenoxy) is 1. The van der Waals surface area contributed by atoms with Gasteiger partial charge in [0.2, 0.25) is 0 Å². The van der Waals surface area contributed by atoms with Crippen molar-refractivity contribution in [3.63, 3.8) is 0 Å². The third-order valence-corrected chi connectivity index (χ3v) is 7.60. The van der Waals surface area contributed by atoms with Crippen LogP contribution >= 0.6 is 11.6 Å². The number of hydrogen-bond donors (Lipinski definition) is 1. The number of nitrogens with one attached hydrogen (secondary N) is 1. The maximum Gasteiger partial charge on any atom is 0.191 e. The van der Waals surface area contributed by atoms with Gasteiger partial charge in [0.25, 0.3) is 0 Å². The summed E-state index contributed by atoms with van der Waals surface area (Å²) in [6.07, 6.45) is 0.438. The van der Waals surface area contributed by atoms with Gasteiger partial charge in [-0.3, -0.25) is 9.00 Å². The highest BCUT2D eigenvalue weighted by atomic mass is 35.5. The van der Waals surface area contributed by atoms with E-state index in [1.54, 1.807) is 43.5 Å². The number of fused-ring (bicyclic) bond motifs is 1. The lowest BCUT2D eigenvalue weighted by atomic mass is 9.98. The van der Waals surface area contributed by atoms with Crippen molar-refractivity contribution < 1.29 is 8.95 Å². The SMILES string of the molecule is COc1ccc(S(=O)CCc2cc(=O)c3cc(-c4cc(C)nc(Cl)c4)c(-c4ccccc4)nc3[nH]2)cc1. The minimum atomic E-state index is -1.22. The fraction of sp³-hybridized carbons (Fsp3) is 0.138. The molecule has 1 N–H and O–H groups in total. The summed E-state index contributed by atoms with van der Waals surface area (Å²) in [6.45, 7) is 1.88. The van der Waals surface area contributed by atoms with Crippen molar-refractivity contribution >= 4 is 33.4 Å². The molecule has 0 spiro atoms. The zero-order chi connectivity index (χ0) is 25.9. The minimum absolute atomic E-state index is 0.149. The van der Waals surface area contributed by atoms with E-state index >= 15 is 0 Å². The van der Waals surface area contributed by atoms with Crippen LogP contribution in [0.2, 0.25) is 5.15 Å². The maximum absolute atomic E-state index is 13.2. The largest absolute Gasteiger partial charge is 0.497 e. The lowest BCUT2D eigenvalue weighted by molar-refractivity contribution is 0.414. The highest BCUT2D eigenvalue weighted by Crippen LogP contribution is 2.33. The van der Waals surface area contributed by atoms with Gasteiger partial charge in [0.1, 0.15) is 16.5 Å². The summed E-state index contributed by atoms with van der Waals surface area (Å²) in [5.41, 5.74) is 5.06. The number of rotatable bonds is 7. The summed E-state index contributed by atoms with van der Waals surface area (Å²) in [5, 5.41) is 0.850. The Morgan fingerprint density at radius 3 is 2.41 bits per heavy atom. The number of aromatic amines is 1. The molecular formula is C29H24ClN3O3S. The van der Waals surface area contributed by atoms with E-state index in [9.17, 15) is 9.00 Å². The number of nitrogens with zero attached hydrogens (tertiary/aromatic N) is 2. The van der Waals surface area contributed by atoms with E-state index in [2.05, 4.69) is 9.97 Å². The molecule has 0 aliphatic heterocycles. The third-order valence-electron chi connectivity index (χ3n) is 6.03. The second-order valence-corrected chi connectivity index (χ2v) is 10.6. The summed E-state index contributed by atoms with van der Waals surface area (Å²) >= 11 is 6.26. The first kappa shape index (κ1) is 24.9. The maximum atomic E-state index is 13.2. The van der Waals surface area contributed by atoms with Crippen LogP contribution in [0, 0.1) is 6.92 Å². The van der Waals surface area contributed by atoms with E-state index in [0.29, 0.717) is 44.7 Å². The van der Waals surface area contributed by atoms with Crippen LogP contribution in [0.15, 0.2) is 88.6 Å². The molecule has 8 heteroatoms. The van der Waals surface area contributed by atoms with Crippen LogP contribution in [-0.2, 0) is 17.2 Å². The van der Waals surface area contributed by atoms with E-state index in [0.717, 1.165) is 28.1 Å². The monoisotopic (exact) mass is 529 g/mol. The van der Waals surface area contributed by atoms with Crippen LogP contribution in [0.5, 0.6) is 5.75 Å². The molecule has 1 unspecified atom stereocenters. The second kappa shape index (κ2) is 10.7. The normalized spacial score (nSPS) is 12.0. The van der Waals surface area contributed by atoms with E-state index in [1.165, 1.54) is 0 Å². The average molecular weight is 530 g/mol. The van der Waals surface area contributed by atoms with Gasteiger partial charge in [-0.25, -0.2) is 9.97 Å². The molecule has 186 valence electrons. The van der Waals surface area contributed by atoms with Crippen molar-refractivity contribution in [1.29, 1.82) is 0 Å². The Hall–Kier alpha value is -3.81. The first-order valence-electron chi connectivity index (χ1n) is 11.7. The smallest absolute Gasteiger partial charge is 0.191 e. The number of benzene rings is 2. The van der Waals surface area contributed by atoms with Crippen LogP contribution in [0.4, 0.5) is 0 Å². The molecule has 0 saturated carbocycles. The molecule has 2 aromatic carbocycles. The van der Waals surface area contributed by atoms with Crippen molar-refractivity contribution in [3.8, 4) is 28.1 Å². The Bertz CT molecular complexity index is 1650. The molecule has 0 aliphatic rings. The first-order valence-corrected chi connectivity index (χ1v) is 13.4. The first-order chi connectivity index (χ1) is 17.9. The molecule has 0 bridgehead atoms. The number of hydrogen-bond acceptors (Lipinski definition) is 5. The minimum Gasteiger partial charge on any atom is -0.497 e. The molecule has 3 aromatic heterocycles. The van der Waals surface area contributed by atoms with Gasteiger partial charge in [0.05, 0.1) is 29.0 Å². The third kappa shape index (κ3) is 5.48. The van der Waals surface area contributed by atoms with E-state index in [1.807, 2.05) is 49.4 Å². The average Bonchev–Trinajstić information content (AvgIpc) is 2.91. The van der Waals surface area contributed by atoms with Gasteiger partial charge in [-0.05, 0) is 61.4 Å². The lowest BCUT2D eigenvalue weighted by Gasteiger charge is -2.13. The summed E-state index contributed by atoms with van der Waals surface area (Å²) in [7, 11) is 0.375. The number of aryl methyl sites for hydroxylation is 2. The van der Waals surface area contributed by atoms with E-state index in [4.69, 9.17) is 21.3 Å². The topological polar surface area (TPSA) is 84.9 Å². The predicted octanol–water partition coefficient (Wildman–Crippen LogP) is 5.97. The van der Waals surface area contributed by atoms with Crippen LogP contribution in [-0.4, -0.2) is 32.0 Å². The fourth-order valence-corrected chi connectivity index (χ4v) is 5.55. The van der Waals surface area contributed by atoms with Gasteiger partial charge in [0, 0.05) is 39.2 Å². The number of methoxy groups -OCH3 is 1. The second-order valence-electron chi connectivity index (χ2n) is 8.60. The molecule has 6 nitrogen and oxygen atoms in total. The van der Waals surface area contributed by atoms with Gasteiger partial charge in [0.15, 0.2) is 5.43 Å².